The summed E-state index contributed by atoms with van der Waals surface area (Å²) in [4.78, 5) is 18.1. The predicted octanol–water partition coefficient (Wildman–Crippen LogP) is 4.98. The summed E-state index contributed by atoms with van der Waals surface area (Å²) in [6.07, 6.45) is -0.0923. The summed E-state index contributed by atoms with van der Waals surface area (Å²) in [5, 5.41) is 18.7. The van der Waals surface area contributed by atoms with Gasteiger partial charge in [0.2, 0.25) is 5.90 Å². The molecule has 35 heavy (non-hydrogen) atoms. The molecule has 0 aliphatic carbocycles. The maximum atomic E-state index is 13.3. The van der Waals surface area contributed by atoms with Crippen LogP contribution < -0.4 is 10.2 Å². The van der Waals surface area contributed by atoms with Crippen LogP contribution in [-0.4, -0.2) is 40.9 Å². The highest BCUT2D eigenvalue weighted by molar-refractivity contribution is 9.10. The van der Waals surface area contributed by atoms with Gasteiger partial charge in [-0.05, 0) is 42.0 Å². The van der Waals surface area contributed by atoms with E-state index < -0.39 is 17.6 Å². The van der Waals surface area contributed by atoms with Crippen molar-refractivity contribution in [3.8, 4) is 5.75 Å². The number of rotatable bonds is 9. The van der Waals surface area contributed by atoms with Crippen LogP contribution in [0.3, 0.4) is 0 Å². The number of halogens is 2. The van der Waals surface area contributed by atoms with E-state index in [9.17, 15) is 10.0 Å². The van der Waals surface area contributed by atoms with Crippen molar-refractivity contribution in [2.75, 3.05) is 13.2 Å². The zero-order valence-corrected chi connectivity index (χ0v) is 21.8. The van der Waals surface area contributed by atoms with Crippen molar-refractivity contribution in [3.63, 3.8) is 0 Å². The monoisotopic (exact) mass is 602 g/mol. The molecule has 4 rings (SSSR count). The Bertz CT molecular complexity index is 1220. The first-order chi connectivity index (χ1) is 17.0. The van der Waals surface area contributed by atoms with Gasteiger partial charge in [-0.1, -0.05) is 68.3 Å². The lowest BCUT2D eigenvalue weighted by Gasteiger charge is -2.30. The van der Waals surface area contributed by atoms with Crippen LogP contribution in [0.15, 0.2) is 86.7 Å². The second-order valence-corrected chi connectivity index (χ2v) is 9.73. The number of nitrogens with one attached hydrogen (secondary N) is 1. The summed E-state index contributed by atoms with van der Waals surface area (Å²) < 4.78 is 13.6. The minimum Gasteiger partial charge on any atom is -0.494 e. The summed E-state index contributed by atoms with van der Waals surface area (Å²) in [7, 11) is 0. The van der Waals surface area contributed by atoms with Gasteiger partial charge >= 0.3 is 0 Å². The maximum absolute atomic E-state index is 13.3. The lowest BCUT2D eigenvalue weighted by atomic mass is 9.82. The van der Waals surface area contributed by atoms with Crippen molar-refractivity contribution >= 4 is 43.7 Å². The third-order valence-corrected chi connectivity index (χ3v) is 7.23. The number of benzene rings is 3. The van der Waals surface area contributed by atoms with Gasteiger partial charge in [-0.25, -0.2) is 10.5 Å². The van der Waals surface area contributed by atoms with Gasteiger partial charge in [0, 0.05) is 39.5 Å². The Kier molecular flexibility index (Phi) is 8.22. The fourth-order valence-electron chi connectivity index (χ4n) is 3.98. The smallest absolute Gasteiger partial charge is 0.275 e. The fraction of sp³-hybridized carbons (Fsp3) is 0.231. The summed E-state index contributed by atoms with van der Waals surface area (Å²) in [6.45, 7) is 0.467. The van der Waals surface area contributed by atoms with Crippen molar-refractivity contribution in [2.45, 2.75) is 24.5 Å². The molecule has 0 saturated carbocycles. The molecule has 0 radical (unpaired) electrons. The maximum Gasteiger partial charge on any atom is 0.275 e. The number of ether oxygens (including phenoxy) is 2. The molecule has 182 valence electrons. The molecular formula is C26H24Br2N2O5. The number of aliphatic hydroxyl groups excluding tert-OH is 1. The van der Waals surface area contributed by atoms with E-state index in [1.165, 1.54) is 0 Å². The summed E-state index contributed by atoms with van der Waals surface area (Å²) in [5.74, 6) is 0.256. The number of amides is 1. The van der Waals surface area contributed by atoms with Gasteiger partial charge < -0.3 is 14.6 Å². The number of hydrogen-bond donors (Lipinski definition) is 3. The quantitative estimate of drug-likeness (QED) is 0.182. The molecule has 3 N–H and O–H groups in total. The van der Waals surface area contributed by atoms with Crippen LogP contribution in [-0.2, 0) is 16.0 Å². The van der Waals surface area contributed by atoms with Crippen LogP contribution in [0.1, 0.15) is 29.2 Å². The number of carbonyl (C=O) groups is 1. The Morgan fingerprint density at radius 3 is 2.37 bits per heavy atom. The van der Waals surface area contributed by atoms with Gasteiger partial charge in [0.25, 0.3) is 5.91 Å². The Hall–Kier alpha value is -2.72. The first-order valence-corrected chi connectivity index (χ1v) is 12.6. The van der Waals surface area contributed by atoms with E-state index in [2.05, 4.69) is 31.9 Å². The van der Waals surface area contributed by atoms with E-state index in [1.54, 1.807) is 24.3 Å². The molecule has 9 heteroatoms. The lowest BCUT2D eigenvalue weighted by Crippen LogP contribution is -2.49. The van der Waals surface area contributed by atoms with Crippen molar-refractivity contribution in [1.29, 1.82) is 0 Å². The summed E-state index contributed by atoms with van der Waals surface area (Å²) in [6, 6.07) is 22.2. The SMILES string of the molecule is O=C(NO)[C@@]1(Cc2ccccc2Br)N=C(c2ccc(OCCCO)cc2)O[C@H]1c1ccccc1Br. The number of hydrogen-bond acceptors (Lipinski definition) is 6. The number of nitrogens with zero attached hydrogens (tertiary/aromatic N) is 1. The lowest BCUT2D eigenvalue weighted by molar-refractivity contribution is -0.137. The van der Waals surface area contributed by atoms with Crippen LogP contribution in [0.4, 0.5) is 0 Å². The van der Waals surface area contributed by atoms with Gasteiger partial charge in [0.05, 0.1) is 6.61 Å². The van der Waals surface area contributed by atoms with Gasteiger partial charge in [-0.2, -0.15) is 0 Å². The average molecular weight is 604 g/mol. The fourth-order valence-corrected chi connectivity index (χ4v) is 4.89. The molecule has 0 spiro atoms. The van der Waals surface area contributed by atoms with Crippen LogP contribution in [0.5, 0.6) is 5.75 Å². The van der Waals surface area contributed by atoms with Gasteiger partial charge in [0.1, 0.15) is 5.75 Å². The number of aliphatic hydroxyl groups is 1. The van der Waals surface area contributed by atoms with Crippen LogP contribution in [0.25, 0.3) is 0 Å². The highest BCUT2D eigenvalue weighted by atomic mass is 79.9. The number of hydroxylamine groups is 1. The van der Waals surface area contributed by atoms with Gasteiger partial charge in [-0.15, -0.1) is 0 Å². The van der Waals surface area contributed by atoms with Gasteiger partial charge in [0.15, 0.2) is 11.6 Å². The molecule has 1 heterocycles. The second kappa shape index (κ2) is 11.3. The molecule has 3 aromatic carbocycles. The average Bonchev–Trinajstić information content (AvgIpc) is 3.26. The molecule has 2 atom stereocenters. The van der Waals surface area contributed by atoms with Crippen LogP contribution >= 0.6 is 31.9 Å². The molecule has 7 nitrogen and oxygen atoms in total. The topological polar surface area (TPSA) is 100 Å². The van der Waals surface area contributed by atoms with Crippen molar-refractivity contribution in [1.82, 2.24) is 5.48 Å². The first kappa shape index (κ1) is 25.4. The zero-order chi connectivity index (χ0) is 24.8. The first-order valence-electron chi connectivity index (χ1n) is 11.0. The molecular weight excluding hydrogens is 580 g/mol. The van der Waals surface area contributed by atoms with E-state index >= 15 is 0 Å². The highest BCUT2D eigenvalue weighted by Crippen LogP contribution is 2.45. The Labute approximate surface area is 220 Å². The minimum atomic E-state index is -1.48. The summed E-state index contributed by atoms with van der Waals surface area (Å²) in [5.41, 5.74) is 2.57. The Balaban J connectivity index is 1.78. The van der Waals surface area contributed by atoms with Crippen LogP contribution in [0, 0.1) is 0 Å². The molecule has 1 aliphatic rings. The molecule has 1 aliphatic heterocycles. The zero-order valence-electron chi connectivity index (χ0n) is 18.7. The largest absolute Gasteiger partial charge is 0.494 e. The molecule has 0 fully saturated rings. The minimum absolute atomic E-state index is 0.0612. The van der Waals surface area contributed by atoms with Gasteiger partial charge in [-0.3, -0.25) is 10.0 Å². The summed E-state index contributed by atoms with van der Waals surface area (Å²) >= 11 is 7.14. The van der Waals surface area contributed by atoms with E-state index in [4.69, 9.17) is 19.6 Å². The van der Waals surface area contributed by atoms with Crippen molar-refractivity contribution in [2.24, 2.45) is 4.99 Å². The number of carbonyl (C=O) groups excluding carboxylic acids is 1. The standard InChI is InChI=1S/C26H24Br2N2O5/c27-21-8-3-1-6-18(21)16-26(25(32)30-33)23(20-7-2-4-9-22(20)28)35-24(29-26)17-10-12-19(13-11-17)34-15-5-14-31/h1-4,6-13,23,31,33H,5,14-16H2,(H,30,32)/t23-,26-/m0/s1. The second-order valence-electron chi connectivity index (χ2n) is 8.02. The molecule has 1 amide bonds. The van der Waals surface area contributed by atoms with E-state index in [0.717, 1.165) is 20.1 Å². The Morgan fingerprint density at radius 2 is 1.71 bits per heavy atom. The molecule has 0 aromatic heterocycles. The highest BCUT2D eigenvalue weighted by Gasteiger charge is 2.54. The molecule has 0 bridgehead atoms. The van der Waals surface area contributed by atoms with E-state index in [0.29, 0.717) is 24.3 Å². The third-order valence-electron chi connectivity index (χ3n) is 5.74. The van der Waals surface area contributed by atoms with Crippen molar-refractivity contribution < 1.29 is 24.6 Å². The Morgan fingerprint density at radius 1 is 1.03 bits per heavy atom. The van der Waals surface area contributed by atoms with Crippen molar-refractivity contribution in [3.05, 3.63) is 98.4 Å². The number of aliphatic imine (C=N–C) groups is 1. The molecule has 0 unspecified atom stereocenters. The van der Waals surface area contributed by atoms with E-state index in [-0.39, 0.29) is 18.9 Å². The predicted molar refractivity (Wildman–Crippen MR) is 139 cm³/mol. The third kappa shape index (κ3) is 5.43. The van der Waals surface area contributed by atoms with E-state index in [1.807, 2.05) is 54.0 Å². The van der Waals surface area contributed by atoms with Crippen LogP contribution in [0.2, 0.25) is 0 Å². The normalized spacial score (nSPS) is 19.1. The molecule has 3 aromatic rings. The molecule has 0 saturated heterocycles.